The Kier molecular flexibility index (Phi) is 7.41. The highest BCUT2D eigenvalue weighted by Gasteiger charge is 2.30. The van der Waals surface area contributed by atoms with Gasteiger partial charge in [-0.25, -0.2) is 9.97 Å². The Hall–Kier alpha value is -4.49. The van der Waals surface area contributed by atoms with Gasteiger partial charge in [0.1, 0.15) is 18.2 Å². The number of aliphatic carboxylic acids is 1. The molecule has 0 atom stereocenters. The maximum absolute atomic E-state index is 11.9. The van der Waals surface area contributed by atoms with Crippen molar-refractivity contribution in [2.75, 3.05) is 0 Å². The molecule has 0 saturated carbocycles. The minimum atomic E-state index is -0.963. The SMILES string of the molecule is CC(C)(Cc1nc2cc(OCc3ccc4ccccc4n3)ccc2n1Cc1ccc2cnccc2c1)C(=O)O.Cl. The molecule has 0 unspecified atom stereocenters. The molecule has 6 rings (SSSR count). The van der Waals surface area contributed by atoms with E-state index in [2.05, 4.69) is 27.8 Å². The summed E-state index contributed by atoms with van der Waals surface area (Å²) in [7, 11) is 0. The largest absolute Gasteiger partial charge is 0.487 e. The molecule has 0 aliphatic rings. The third-order valence-electron chi connectivity index (χ3n) is 7.07. The lowest BCUT2D eigenvalue weighted by molar-refractivity contribution is -0.146. The van der Waals surface area contributed by atoms with Crippen molar-refractivity contribution >= 4 is 51.1 Å². The number of rotatable bonds is 8. The van der Waals surface area contributed by atoms with Gasteiger partial charge in [-0.05, 0) is 61.2 Å². The van der Waals surface area contributed by atoms with Crippen LogP contribution in [0.25, 0.3) is 32.7 Å². The number of hydrogen-bond donors (Lipinski definition) is 1. The van der Waals surface area contributed by atoms with Crippen LogP contribution in [0.5, 0.6) is 5.75 Å². The number of benzene rings is 3. The first-order valence-electron chi connectivity index (χ1n) is 12.9. The second-order valence-electron chi connectivity index (χ2n) is 10.5. The first-order valence-corrected chi connectivity index (χ1v) is 12.9. The molecule has 0 fully saturated rings. The summed E-state index contributed by atoms with van der Waals surface area (Å²) >= 11 is 0. The molecule has 0 radical (unpaired) electrons. The number of aromatic nitrogens is 4. The van der Waals surface area contributed by atoms with Crippen LogP contribution in [-0.2, 0) is 24.4 Å². The fraction of sp³-hybridized carbons (Fsp3) is 0.188. The van der Waals surface area contributed by atoms with Crippen molar-refractivity contribution in [3.05, 3.63) is 108 Å². The number of para-hydroxylation sites is 1. The van der Waals surface area contributed by atoms with Gasteiger partial charge in [0.2, 0.25) is 0 Å². The Morgan fingerprint density at radius 1 is 0.900 bits per heavy atom. The van der Waals surface area contributed by atoms with Crippen LogP contribution in [0.15, 0.2) is 91.3 Å². The Balaban J connectivity index is 0.00000323. The lowest BCUT2D eigenvalue weighted by atomic mass is 9.89. The Morgan fingerprint density at radius 2 is 1.73 bits per heavy atom. The minimum Gasteiger partial charge on any atom is -0.487 e. The monoisotopic (exact) mass is 552 g/mol. The van der Waals surface area contributed by atoms with Gasteiger partial charge >= 0.3 is 5.97 Å². The van der Waals surface area contributed by atoms with Gasteiger partial charge < -0.3 is 14.4 Å². The van der Waals surface area contributed by atoms with Crippen molar-refractivity contribution in [3.8, 4) is 5.75 Å². The van der Waals surface area contributed by atoms with Crippen LogP contribution in [0.2, 0.25) is 0 Å². The zero-order valence-corrected chi connectivity index (χ0v) is 23.1. The number of hydrogen-bond acceptors (Lipinski definition) is 5. The quantitative estimate of drug-likeness (QED) is 0.222. The van der Waals surface area contributed by atoms with Crippen LogP contribution in [0.1, 0.15) is 30.9 Å². The molecule has 3 heterocycles. The zero-order valence-electron chi connectivity index (χ0n) is 22.2. The van der Waals surface area contributed by atoms with Gasteiger partial charge in [0.15, 0.2) is 0 Å². The standard InChI is InChI=1S/C32H28N4O3.ClH/c1-32(2,31(37)38)17-30-35-28-16-26(39-20-25-10-9-22-5-3-4-6-27(22)34-25)11-12-29(28)36(30)19-21-7-8-24-18-33-14-13-23(24)15-21;/h3-16,18H,17,19-20H2,1-2H3,(H,37,38);1H. The van der Waals surface area contributed by atoms with Crippen LogP contribution < -0.4 is 4.74 Å². The van der Waals surface area contributed by atoms with Crippen molar-refractivity contribution in [2.24, 2.45) is 5.41 Å². The Morgan fingerprint density at radius 3 is 2.58 bits per heavy atom. The smallest absolute Gasteiger partial charge is 0.309 e. The molecule has 0 saturated heterocycles. The summed E-state index contributed by atoms with van der Waals surface area (Å²) in [5, 5.41) is 13.1. The van der Waals surface area contributed by atoms with Crippen LogP contribution in [0, 0.1) is 5.41 Å². The highest BCUT2D eigenvalue weighted by atomic mass is 35.5. The van der Waals surface area contributed by atoms with E-state index in [4.69, 9.17) is 14.7 Å². The summed E-state index contributed by atoms with van der Waals surface area (Å²) in [6, 6.07) is 26.1. The zero-order chi connectivity index (χ0) is 27.0. The summed E-state index contributed by atoms with van der Waals surface area (Å²) in [6.07, 6.45) is 3.93. The molecule has 3 aromatic carbocycles. The molecule has 6 aromatic rings. The molecule has 8 heteroatoms. The lowest BCUT2D eigenvalue weighted by Crippen LogP contribution is -2.27. The molecule has 1 N–H and O–H groups in total. The first-order chi connectivity index (χ1) is 18.9. The number of carboxylic acid groups (broad SMARTS) is 1. The number of carboxylic acids is 1. The normalized spacial score (nSPS) is 11.6. The van der Waals surface area contributed by atoms with Crippen molar-refractivity contribution in [3.63, 3.8) is 0 Å². The fourth-order valence-electron chi connectivity index (χ4n) is 4.79. The van der Waals surface area contributed by atoms with E-state index in [-0.39, 0.29) is 12.4 Å². The van der Waals surface area contributed by atoms with E-state index in [0.29, 0.717) is 25.3 Å². The van der Waals surface area contributed by atoms with Gasteiger partial charge in [-0.2, -0.15) is 0 Å². The lowest BCUT2D eigenvalue weighted by Gasteiger charge is -2.19. The summed E-state index contributed by atoms with van der Waals surface area (Å²) in [5.74, 6) is 0.552. The fourth-order valence-corrected chi connectivity index (χ4v) is 4.79. The number of carbonyl (C=O) groups is 1. The summed E-state index contributed by atoms with van der Waals surface area (Å²) in [4.78, 5) is 25.7. The highest BCUT2D eigenvalue weighted by Crippen LogP contribution is 2.29. The van der Waals surface area contributed by atoms with Gasteiger partial charge in [0, 0.05) is 42.2 Å². The van der Waals surface area contributed by atoms with Crippen LogP contribution in [-0.4, -0.2) is 30.6 Å². The predicted octanol–water partition coefficient (Wildman–Crippen LogP) is 6.84. The average molecular weight is 553 g/mol. The molecule has 0 amide bonds. The van der Waals surface area contributed by atoms with Gasteiger partial charge in [-0.3, -0.25) is 9.78 Å². The van der Waals surface area contributed by atoms with E-state index in [0.717, 1.165) is 49.8 Å². The van der Waals surface area contributed by atoms with Gasteiger partial charge in [0.25, 0.3) is 0 Å². The van der Waals surface area contributed by atoms with E-state index in [1.165, 1.54) is 0 Å². The summed E-state index contributed by atoms with van der Waals surface area (Å²) in [6.45, 7) is 4.36. The van der Waals surface area contributed by atoms with E-state index < -0.39 is 11.4 Å². The van der Waals surface area contributed by atoms with E-state index in [1.807, 2.05) is 66.9 Å². The third-order valence-corrected chi connectivity index (χ3v) is 7.07. The van der Waals surface area contributed by atoms with Crippen LogP contribution >= 0.6 is 12.4 Å². The molecule has 40 heavy (non-hydrogen) atoms. The molecule has 3 aromatic heterocycles. The second-order valence-corrected chi connectivity index (χ2v) is 10.5. The number of halogens is 1. The average Bonchev–Trinajstić information content (AvgIpc) is 3.26. The Labute approximate surface area is 237 Å². The van der Waals surface area contributed by atoms with Crippen LogP contribution in [0.4, 0.5) is 0 Å². The van der Waals surface area contributed by atoms with Crippen molar-refractivity contribution < 1.29 is 14.6 Å². The number of nitrogens with zero attached hydrogens (tertiary/aromatic N) is 4. The highest BCUT2D eigenvalue weighted by molar-refractivity contribution is 5.85. The topological polar surface area (TPSA) is 90.1 Å². The van der Waals surface area contributed by atoms with Gasteiger partial charge in [-0.1, -0.05) is 36.4 Å². The molecular weight excluding hydrogens is 524 g/mol. The van der Waals surface area contributed by atoms with Crippen molar-refractivity contribution in [2.45, 2.75) is 33.4 Å². The van der Waals surface area contributed by atoms with Crippen molar-refractivity contribution in [1.82, 2.24) is 19.5 Å². The Bertz CT molecular complexity index is 1850. The minimum absolute atomic E-state index is 0. The molecule has 0 aliphatic carbocycles. The van der Waals surface area contributed by atoms with E-state index >= 15 is 0 Å². The predicted molar refractivity (Wildman–Crippen MR) is 159 cm³/mol. The molecule has 202 valence electrons. The number of ether oxygens (including phenoxy) is 1. The summed E-state index contributed by atoms with van der Waals surface area (Å²) in [5.41, 5.74) is 3.61. The molecule has 7 nitrogen and oxygen atoms in total. The number of imidazole rings is 1. The van der Waals surface area contributed by atoms with E-state index in [1.54, 1.807) is 20.0 Å². The molecular formula is C32H29ClN4O3. The van der Waals surface area contributed by atoms with Gasteiger partial charge in [-0.15, -0.1) is 12.4 Å². The first kappa shape index (κ1) is 27.1. The molecule has 0 bridgehead atoms. The van der Waals surface area contributed by atoms with Gasteiger partial charge in [0.05, 0.1) is 27.7 Å². The third kappa shape index (κ3) is 5.46. The van der Waals surface area contributed by atoms with E-state index in [9.17, 15) is 9.90 Å². The molecule has 0 aliphatic heterocycles. The second kappa shape index (κ2) is 10.9. The number of pyridine rings is 2. The molecule has 0 spiro atoms. The summed E-state index contributed by atoms with van der Waals surface area (Å²) < 4.78 is 8.20. The maximum Gasteiger partial charge on any atom is 0.309 e. The van der Waals surface area contributed by atoms with Crippen LogP contribution in [0.3, 0.4) is 0 Å². The maximum atomic E-state index is 11.9. The number of fused-ring (bicyclic) bond motifs is 3. The van der Waals surface area contributed by atoms with Crippen molar-refractivity contribution in [1.29, 1.82) is 0 Å².